The first-order chi connectivity index (χ1) is 19.5. The number of amides is 4. The molecule has 2 N–H and O–H groups in total. The van der Waals surface area contributed by atoms with Crippen LogP contribution in [0.4, 0.5) is 9.59 Å². The number of hydrogen-bond donors (Lipinski definition) is 2. The van der Waals surface area contributed by atoms with Crippen LogP contribution in [0.1, 0.15) is 141 Å². The van der Waals surface area contributed by atoms with E-state index in [-0.39, 0.29) is 13.1 Å². The Balaban J connectivity index is 1.79. The maximum atomic E-state index is 12.3. The number of nitrogens with zero attached hydrogens (tertiary/aromatic N) is 6. The molecule has 2 aliphatic carbocycles. The third-order valence-electron chi connectivity index (χ3n) is 8.12. The van der Waals surface area contributed by atoms with Crippen LogP contribution in [0.5, 0.6) is 0 Å². The van der Waals surface area contributed by atoms with Crippen molar-refractivity contribution in [2.45, 2.75) is 152 Å². The zero-order valence-corrected chi connectivity index (χ0v) is 24.5. The Hall–Kier alpha value is -2.88. The largest absolute Gasteiger partial charge is 0.359 e. The highest BCUT2D eigenvalue weighted by Gasteiger charge is 2.30. The Morgan fingerprint density at radius 1 is 0.500 bits per heavy atom. The summed E-state index contributed by atoms with van der Waals surface area (Å²) in [5.74, 6) is 0. The maximum Gasteiger partial charge on any atom is 0.359 e. The lowest BCUT2D eigenvalue weighted by atomic mass is 9.87. The lowest BCUT2D eigenvalue weighted by molar-refractivity contribution is 0.242. The van der Waals surface area contributed by atoms with Crippen LogP contribution in [-0.2, 0) is 0 Å². The summed E-state index contributed by atoms with van der Waals surface area (Å²) >= 11 is 0. The van der Waals surface area contributed by atoms with Gasteiger partial charge in [-0.2, -0.15) is 20.8 Å². The van der Waals surface area contributed by atoms with Gasteiger partial charge in [-0.15, -0.1) is 0 Å². The summed E-state index contributed by atoms with van der Waals surface area (Å²) in [5, 5.41) is 41.0. The van der Waals surface area contributed by atoms with Crippen molar-refractivity contribution < 1.29 is 9.59 Å². The molecule has 0 aromatic heterocycles. The number of rotatable bonds is 5. The van der Waals surface area contributed by atoms with E-state index in [4.69, 9.17) is 0 Å². The normalized spacial score (nSPS) is 21.9. The van der Waals surface area contributed by atoms with Crippen LogP contribution in [0, 0.1) is 22.7 Å². The fourth-order valence-electron chi connectivity index (χ4n) is 5.55. The highest BCUT2D eigenvalue weighted by Crippen LogP contribution is 2.29. The van der Waals surface area contributed by atoms with Crippen molar-refractivity contribution in [3.05, 3.63) is 0 Å². The van der Waals surface area contributed by atoms with Gasteiger partial charge in [-0.3, -0.25) is 0 Å². The summed E-state index contributed by atoms with van der Waals surface area (Å²) in [6.07, 6.45) is 22.5. The second kappa shape index (κ2) is 20.1. The van der Waals surface area contributed by atoms with Crippen LogP contribution >= 0.6 is 0 Å². The molecule has 2 rings (SSSR count). The smallest absolute Gasteiger partial charge is 0.333 e. The lowest BCUT2D eigenvalue weighted by Gasteiger charge is -2.21. The molecule has 4 amide bonds. The van der Waals surface area contributed by atoms with Crippen LogP contribution in [0.15, 0.2) is 20.5 Å². The fraction of sp³-hybridized carbons (Fsp3) is 0.867. The Kier molecular flexibility index (Phi) is 16.7. The highest BCUT2D eigenvalue weighted by molar-refractivity contribution is 5.75. The monoisotopic (exact) mass is 554 g/mol. The molecule has 0 atom stereocenters. The molecular weight excluding hydrogens is 504 g/mol. The average molecular weight is 555 g/mol. The predicted octanol–water partition coefficient (Wildman–Crippen LogP) is 8.44. The Morgan fingerprint density at radius 3 is 1.00 bits per heavy atom. The van der Waals surface area contributed by atoms with Gasteiger partial charge in [0, 0.05) is 13.1 Å². The number of nitriles is 2. The summed E-state index contributed by atoms with van der Waals surface area (Å²) in [6.45, 7) is 0.282. The van der Waals surface area contributed by atoms with Crippen LogP contribution in [-0.4, -0.2) is 36.2 Å². The molecule has 10 heteroatoms. The Bertz CT molecular complexity index is 793. The van der Waals surface area contributed by atoms with E-state index in [2.05, 4.69) is 43.2 Å². The summed E-state index contributed by atoms with van der Waals surface area (Å²) in [4.78, 5) is 24.5. The van der Waals surface area contributed by atoms with Gasteiger partial charge in [0.25, 0.3) is 0 Å². The molecule has 0 radical (unpaired) electrons. The third kappa shape index (κ3) is 14.0. The van der Waals surface area contributed by atoms with E-state index in [1.54, 1.807) is 0 Å². The first-order valence-electron chi connectivity index (χ1n) is 15.8. The number of nitrogens with one attached hydrogen (secondary N) is 2. The summed E-state index contributed by atoms with van der Waals surface area (Å²) in [7, 11) is 0. The zero-order chi connectivity index (χ0) is 28.8. The van der Waals surface area contributed by atoms with E-state index in [1.807, 2.05) is 0 Å². The molecule has 2 saturated carbocycles. The van der Waals surface area contributed by atoms with Gasteiger partial charge in [-0.25, -0.2) is 9.59 Å². The molecule has 40 heavy (non-hydrogen) atoms. The molecule has 0 aliphatic heterocycles. The summed E-state index contributed by atoms with van der Waals surface area (Å²) in [5.41, 5.74) is -1.90. The van der Waals surface area contributed by atoms with E-state index in [0.29, 0.717) is 25.7 Å². The molecular formula is C30H50N8O2. The van der Waals surface area contributed by atoms with Crippen molar-refractivity contribution in [3.8, 4) is 12.1 Å². The van der Waals surface area contributed by atoms with Crippen molar-refractivity contribution in [1.82, 2.24) is 10.6 Å². The van der Waals surface area contributed by atoms with Gasteiger partial charge >= 0.3 is 12.1 Å². The van der Waals surface area contributed by atoms with Gasteiger partial charge < -0.3 is 10.6 Å². The molecule has 0 bridgehead atoms. The summed E-state index contributed by atoms with van der Waals surface area (Å²) in [6, 6.07) is 3.40. The van der Waals surface area contributed by atoms with Crippen LogP contribution in [0.3, 0.4) is 0 Å². The van der Waals surface area contributed by atoms with E-state index >= 15 is 0 Å². The van der Waals surface area contributed by atoms with Crippen molar-refractivity contribution in [2.75, 3.05) is 13.1 Å². The Labute approximate surface area is 240 Å². The first-order valence-corrected chi connectivity index (χ1v) is 15.8. The van der Waals surface area contributed by atoms with E-state index in [0.717, 1.165) is 51.4 Å². The number of azo groups is 2. The summed E-state index contributed by atoms with van der Waals surface area (Å²) < 4.78 is 0. The molecule has 0 spiro atoms. The standard InChI is InChI=1S/C30H50N8O2/c31-25-29(19-15-11-7-3-1-4-8-12-16-20-29)37-35-27(39)33-23-24-34-28(40)36-38-30(26-32)21-17-13-9-5-2-6-10-14-18-22-30/h1-24H2,(H,33,39)(H,34,40). The number of carbonyl (C=O) groups is 2. The zero-order valence-electron chi connectivity index (χ0n) is 24.5. The molecule has 0 aromatic carbocycles. The Morgan fingerprint density at radius 2 is 0.750 bits per heavy atom. The molecule has 2 aliphatic rings. The SMILES string of the molecule is N#CC1(N=NC(=O)NCCNC(=O)N=NC2(C#N)CCCCCCCCCCC2)CCCCCCCCCCC1. The fourth-order valence-corrected chi connectivity index (χ4v) is 5.55. The molecule has 10 nitrogen and oxygen atoms in total. The lowest BCUT2D eigenvalue weighted by Crippen LogP contribution is -2.33. The second-order valence-corrected chi connectivity index (χ2v) is 11.5. The van der Waals surface area contributed by atoms with Crippen LogP contribution in [0.2, 0.25) is 0 Å². The third-order valence-corrected chi connectivity index (χ3v) is 8.12. The van der Waals surface area contributed by atoms with Gasteiger partial charge in [-0.1, -0.05) is 100 Å². The van der Waals surface area contributed by atoms with E-state index < -0.39 is 23.1 Å². The van der Waals surface area contributed by atoms with Crippen LogP contribution in [0.25, 0.3) is 0 Å². The highest BCUT2D eigenvalue weighted by atomic mass is 16.2. The van der Waals surface area contributed by atoms with Gasteiger partial charge in [0.1, 0.15) is 0 Å². The molecule has 0 heterocycles. The topological polar surface area (TPSA) is 155 Å². The second-order valence-electron chi connectivity index (χ2n) is 11.5. The minimum Gasteiger partial charge on any atom is -0.333 e. The van der Waals surface area contributed by atoms with E-state index in [1.165, 1.54) is 64.2 Å². The molecule has 222 valence electrons. The van der Waals surface area contributed by atoms with E-state index in [9.17, 15) is 20.1 Å². The van der Waals surface area contributed by atoms with Crippen molar-refractivity contribution in [2.24, 2.45) is 20.5 Å². The number of carbonyl (C=O) groups excluding carboxylic acids is 2. The number of urea groups is 2. The molecule has 0 aromatic rings. The molecule has 0 saturated heterocycles. The van der Waals surface area contributed by atoms with Gasteiger partial charge in [0.15, 0.2) is 11.1 Å². The first kappa shape index (κ1) is 33.3. The van der Waals surface area contributed by atoms with Gasteiger partial charge in [0.05, 0.1) is 12.1 Å². The molecule has 0 unspecified atom stereocenters. The minimum absolute atomic E-state index is 0.141. The van der Waals surface area contributed by atoms with Crippen molar-refractivity contribution in [1.29, 1.82) is 10.5 Å². The van der Waals surface area contributed by atoms with Crippen molar-refractivity contribution in [3.63, 3.8) is 0 Å². The minimum atomic E-state index is -0.949. The van der Waals surface area contributed by atoms with Gasteiger partial charge in [0.2, 0.25) is 0 Å². The predicted molar refractivity (Wildman–Crippen MR) is 155 cm³/mol. The van der Waals surface area contributed by atoms with Crippen LogP contribution < -0.4 is 10.6 Å². The molecule has 2 fully saturated rings. The van der Waals surface area contributed by atoms with Crippen molar-refractivity contribution >= 4 is 12.1 Å². The number of hydrogen-bond acceptors (Lipinski definition) is 6. The average Bonchev–Trinajstić information content (AvgIpc) is 2.95. The maximum absolute atomic E-state index is 12.3. The quantitative estimate of drug-likeness (QED) is 0.258. The van der Waals surface area contributed by atoms with Gasteiger partial charge in [-0.05, 0) is 51.4 Å².